The molecule has 0 saturated carbocycles. The predicted octanol–water partition coefficient (Wildman–Crippen LogP) is 1.76. The molecule has 1 aliphatic heterocycles. The van der Waals surface area contributed by atoms with Gasteiger partial charge in [0.25, 0.3) is 0 Å². The molecule has 4 heteroatoms. The van der Waals surface area contributed by atoms with E-state index in [1.165, 1.54) is 0 Å². The molecule has 4 nitrogen and oxygen atoms in total. The highest BCUT2D eigenvalue weighted by molar-refractivity contribution is 6.02. The van der Waals surface area contributed by atoms with Crippen molar-refractivity contribution in [3.63, 3.8) is 0 Å². The maximum atomic E-state index is 12.2. The smallest absolute Gasteiger partial charge is 0.227 e. The van der Waals surface area contributed by atoms with Crippen molar-refractivity contribution in [3.05, 3.63) is 29.3 Å². The van der Waals surface area contributed by atoms with Crippen LogP contribution in [0.3, 0.4) is 0 Å². The molecule has 2 N–H and O–H groups in total. The molecule has 0 spiro atoms. The van der Waals surface area contributed by atoms with Crippen LogP contribution in [0.5, 0.6) is 0 Å². The van der Waals surface area contributed by atoms with Crippen molar-refractivity contribution in [2.75, 3.05) is 11.9 Å². The van der Waals surface area contributed by atoms with E-state index in [0.717, 1.165) is 11.3 Å². The molecule has 0 fully saturated rings. The lowest BCUT2D eigenvalue weighted by atomic mass is 9.92. The van der Waals surface area contributed by atoms with Crippen LogP contribution in [-0.2, 0) is 11.2 Å². The van der Waals surface area contributed by atoms with Gasteiger partial charge in [0.1, 0.15) is 0 Å². The Bertz CT molecular complexity index is 523. The molecule has 0 saturated heterocycles. The Hall–Kier alpha value is -1.68. The second kappa shape index (κ2) is 5.13. The highest BCUT2D eigenvalue weighted by atomic mass is 16.2. The Balaban J connectivity index is 2.32. The van der Waals surface area contributed by atoms with Gasteiger partial charge in [0, 0.05) is 24.7 Å². The van der Waals surface area contributed by atoms with E-state index >= 15 is 0 Å². The minimum absolute atomic E-state index is 0.0302. The van der Waals surface area contributed by atoms with Gasteiger partial charge in [-0.1, -0.05) is 13.8 Å². The standard InChI is InChI=1S/C15H20N2O2/c1-9(2)14(16)15(19)11-4-6-12-10(8-11)5-7-13(18)17(12)3/h4,6,8-9,14H,5,7,16H2,1-3H3. The summed E-state index contributed by atoms with van der Waals surface area (Å²) in [5, 5.41) is 0. The normalized spacial score (nSPS) is 16.5. The molecule has 0 bridgehead atoms. The topological polar surface area (TPSA) is 63.4 Å². The third kappa shape index (κ3) is 2.54. The average molecular weight is 260 g/mol. The van der Waals surface area contributed by atoms with Crippen LogP contribution < -0.4 is 10.6 Å². The van der Waals surface area contributed by atoms with E-state index in [9.17, 15) is 9.59 Å². The number of carbonyl (C=O) groups is 2. The van der Waals surface area contributed by atoms with Crippen molar-refractivity contribution in [2.24, 2.45) is 11.7 Å². The molecule has 1 aliphatic rings. The Morgan fingerprint density at radius 2 is 2.00 bits per heavy atom. The number of nitrogens with two attached hydrogens (primary N) is 1. The Morgan fingerprint density at radius 3 is 2.63 bits per heavy atom. The fourth-order valence-corrected chi connectivity index (χ4v) is 2.31. The van der Waals surface area contributed by atoms with E-state index < -0.39 is 6.04 Å². The van der Waals surface area contributed by atoms with Gasteiger partial charge >= 0.3 is 0 Å². The van der Waals surface area contributed by atoms with Gasteiger partial charge in [-0.15, -0.1) is 0 Å². The van der Waals surface area contributed by atoms with Crippen LogP contribution in [0.1, 0.15) is 36.2 Å². The number of ketones is 1. The third-order valence-electron chi connectivity index (χ3n) is 3.73. The van der Waals surface area contributed by atoms with Crippen LogP contribution in [-0.4, -0.2) is 24.8 Å². The molecule has 0 radical (unpaired) electrons. The summed E-state index contributed by atoms with van der Waals surface area (Å²) in [5.41, 5.74) is 8.48. The summed E-state index contributed by atoms with van der Waals surface area (Å²) in [6, 6.07) is 5.01. The molecule has 1 aromatic carbocycles. The number of hydrogen-bond acceptors (Lipinski definition) is 3. The SMILES string of the molecule is CC(C)C(N)C(=O)c1ccc2c(c1)CCC(=O)N2C. The van der Waals surface area contributed by atoms with Gasteiger partial charge in [-0.25, -0.2) is 0 Å². The van der Waals surface area contributed by atoms with Crippen LogP contribution in [0.4, 0.5) is 5.69 Å². The van der Waals surface area contributed by atoms with Gasteiger partial charge in [-0.2, -0.15) is 0 Å². The summed E-state index contributed by atoms with van der Waals surface area (Å²) in [6.07, 6.45) is 1.19. The molecule has 1 heterocycles. The Kier molecular flexibility index (Phi) is 3.71. The number of nitrogens with zero attached hydrogens (tertiary/aromatic N) is 1. The van der Waals surface area contributed by atoms with Gasteiger partial charge in [0.05, 0.1) is 6.04 Å². The molecule has 1 amide bonds. The van der Waals surface area contributed by atoms with Crippen molar-refractivity contribution < 1.29 is 9.59 Å². The first kappa shape index (κ1) is 13.7. The fraction of sp³-hybridized carbons (Fsp3) is 0.467. The first-order valence-electron chi connectivity index (χ1n) is 6.61. The van der Waals surface area contributed by atoms with Crippen LogP contribution in [0.25, 0.3) is 0 Å². The number of hydrogen-bond donors (Lipinski definition) is 1. The van der Waals surface area contributed by atoms with E-state index in [1.807, 2.05) is 26.0 Å². The van der Waals surface area contributed by atoms with Crippen LogP contribution in [0.15, 0.2) is 18.2 Å². The number of rotatable bonds is 3. The molecule has 2 rings (SSSR count). The van der Waals surface area contributed by atoms with E-state index in [1.54, 1.807) is 18.0 Å². The summed E-state index contributed by atoms with van der Waals surface area (Å²) in [5.74, 6) is 0.204. The number of fused-ring (bicyclic) bond motifs is 1. The maximum Gasteiger partial charge on any atom is 0.227 e. The lowest BCUT2D eigenvalue weighted by Gasteiger charge is -2.26. The summed E-state index contributed by atoms with van der Waals surface area (Å²) in [6.45, 7) is 3.88. The zero-order valence-corrected chi connectivity index (χ0v) is 11.6. The minimum atomic E-state index is -0.471. The highest BCUT2D eigenvalue weighted by Gasteiger charge is 2.24. The van der Waals surface area contributed by atoms with Crippen molar-refractivity contribution >= 4 is 17.4 Å². The lowest BCUT2D eigenvalue weighted by molar-refractivity contribution is -0.118. The molecule has 19 heavy (non-hydrogen) atoms. The first-order chi connectivity index (χ1) is 8.91. The summed E-state index contributed by atoms with van der Waals surface area (Å²) >= 11 is 0. The summed E-state index contributed by atoms with van der Waals surface area (Å²) in [4.78, 5) is 25.5. The van der Waals surface area contributed by atoms with Crippen molar-refractivity contribution in [2.45, 2.75) is 32.7 Å². The number of anilines is 1. The molecule has 0 aliphatic carbocycles. The maximum absolute atomic E-state index is 12.2. The predicted molar refractivity (Wildman–Crippen MR) is 75.3 cm³/mol. The molecule has 1 unspecified atom stereocenters. The van der Waals surface area contributed by atoms with Crippen molar-refractivity contribution in [1.29, 1.82) is 0 Å². The summed E-state index contributed by atoms with van der Waals surface area (Å²) in [7, 11) is 1.77. The average Bonchev–Trinajstić information content (AvgIpc) is 2.40. The van der Waals surface area contributed by atoms with Crippen molar-refractivity contribution in [3.8, 4) is 0 Å². The quantitative estimate of drug-likeness (QED) is 0.842. The van der Waals surface area contributed by atoms with Gasteiger partial charge in [0.15, 0.2) is 5.78 Å². The second-order valence-electron chi connectivity index (χ2n) is 5.43. The van der Waals surface area contributed by atoms with Crippen LogP contribution in [0.2, 0.25) is 0 Å². The van der Waals surface area contributed by atoms with Crippen molar-refractivity contribution in [1.82, 2.24) is 0 Å². The van der Waals surface area contributed by atoms with Gasteiger partial charge in [0.2, 0.25) is 5.91 Å². The largest absolute Gasteiger partial charge is 0.321 e. The monoisotopic (exact) mass is 260 g/mol. The van der Waals surface area contributed by atoms with Gasteiger partial charge in [-0.3, -0.25) is 9.59 Å². The number of Topliss-reactive ketones (excluding diaryl/α,β-unsaturated/α-hetero) is 1. The third-order valence-corrected chi connectivity index (χ3v) is 3.73. The number of amides is 1. The van der Waals surface area contributed by atoms with E-state index in [0.29, 0.717) is 18.4 Å². The highest BCUT2D eigenvalue weighted by Crippen LogP contribution is 2.28. The van der Waals surface area contributed by atoms with Gasteiger partial charge < -0.3 is 10.6 Å². The number of benzene rings is 1. The molecular formula is C15H20N2O2. The number of aryl methyl sites for hydroxylation is 1. The fourth-order valence-electron chi connectivity index (χ4n) is 2.31. The lowest BCUT2D eigenvalue weighted by Crippen LogP contribution is -2.36. The van der Waals surface area contributed by atoms with E-state index in [4.69, 9.17) is 5.73 Å². The molecule has 0 aromatic heterocycles. The summed E-state index contributed by atoms with van der Waals surface area (Å²) < 4.78 is 0. The number of carbonyl (C=O) groups excluding carboxylic acids is 2. The minimum Gasteiger partial charge on any atom is -0.321 e. The van der Waals surface area contributed by atoms with Crippen LogP contribution >= 0.6 is 0 Å². The molecule has 102 valence electrons. The zero-order chi connectivity index (χ0) is 14.2. The van der Waals surface area contributed by atoms with Crippen LogP contribution in [0, 0.1) is 5.92 Å². The molecule has 1 atom stereocenters. The van der Waals surface area contributed by atoms with E-state index in [2.05, 4.69) is 0 Å². The Morgan fingerprint density at radius 1 is 1.32 bits per heavy atom. The van der Waals surface area contributed by atoms with E-state index in [-0.39, 0.29) is 17.6 Å². The second-order valence-corrected chi connectivity index (χ2v) is 5.43. The Labute approximate surface area is 113 Å². The first-order valence-corrected chi connectivity index (χ1v) is 6.61. The molecule has 1 aromatic rings. The van der Waals surface area contributed by atoms with Gasteiger partial charge in [-0.05, 0) is 36.1 Å². The zero-order valence-electron chi connectivity index (χ0n) is 11.6. The molecular weight excluding hydrogens is 240 g/mol.